The minimum absolute atomic E-state index is 0.0259. The van der Waals surface area contributed by atoms with Gasteiger partial charge in [-0.1, -0.05) is 0 Å². The van der Waals surface area contributed by atoms with Crippen LogP contribution >= 0.6 is 0 Å². The van der Waals surface area contributed by atoms with Crippen LogP contribution in [0, 0.1) is 21.4 Å². The van der Waals surface area contributed by atoms with Gasteiger partial charge in [0.15, 0.2) is 5.69 Å². The van der Waals surface area contributed by atoms with Crippen molar-refractivity contribution < 1.29 is 13.7 Å². The molecule has 1 aromatic rings. The lowest BCUT2D eigenvalue weighted by atomic mass is 10.2. The number of hydrogen-bond donors (Lipinski definition) is 0. The molecule has 1 rings (SSSR count). The van der Waals surface area contributed by atoms with E-state index in [0.29, 0.717) is 6.07 Å². The number of nitriles is 1. The Bertz CT molecular complexity index is 428. The van der Waals surface area contributed by atoms with E-state index in [1.807, 2.05) is 0 Å². The van der Waals surface area contributed by atoms with Gasteiger partial charge in [-0.2, -0.15) is 5.26 Å². The third-order valence-electron chi connectivity index (χ3n) is 1.59. The topological polar surface area (TPSA) is 79.8 Å². The highest BCUT2D eigenvalue weighted by molar-refractivity contribution is 5.31. The van der Waals surface area contributed by atoms with E-state index in [-0.39, 0.29) is 12.1 Å². The first-order valence-electron chi connectivity index (χ1n) is 3.85. The van der Waals surface area contributed by atoms with Gasteiger partial charge < -0.3 is 10.1 Å². The minimum atomic E-state index is -2.82. The quantitative estimate of drug-likeness (QED) is 0.568. The van der Waals surface area contributed by atoms with Gasteiger partial charge in [-0.15, -0.1) is 0 Å². The van der Waals surface area contributed by atoms with E-state index >= 15 is 0 Å². The lowest BCUT2D eigenvalue weighted by Gasteiger charge is -1.99. The van der Waals surface area contributed by atoms with Crippen molar-refractivity contribution >= 4 is 5.82 Å². The molecule has 15 heavy (non-hydrogen) atoms. The van der Waals surface area contributed by atoms with E-state index < -0.39 is 22.7 Å². The molecule has 1 heterocycles. The van der Waals surface area contributed by atoms with Crippen LogP contribution in [0.25, 0.3) is 0 Å². The number of rotatable bonds is 3. The maximum absolute atomic E-state index is 12.3. The van der Waals surface area contributed by atoms with Crippen molar-refractivity contribution in [2.24, 2.45) is 0 Å². The zero-order chi connectivity index (χ0) is 11.4. The maximum atomic E-state index is 12.3. The summed E-state index contributed by atoms with van der Waals surface area (Å²) >= 11 is 0. The van der Waals surface area contributed by atoms with E-state index in [4.69, 9.17) is 5.26 Å². The second kappa shape index (κ2) is 4.41. The van der Waals surface area contributed by atoms with E-state index in [2.05, 4.69) is 4.98 Å². The summed E-state index contributed by atoms with van der Waals surface area (Å²) in [5.74, 6) is -0.668. The average molecular weight is 213 g/mol. The molecule has 0 aliphatic heterocycles. The Balaban J connectivity index is 3.21. The summed E-state index contributed by atoms with van der Waals surface area (Å²) < 4.78 is 24.6. The first-order chi connectivity index (χ1) is 7.04. The van der Waals surface area contributed by atoms with E-state index in [1.165, 1.54) is 0 Å². The molecule has 0 N–H and O–H groups in total. The van der Waals surface area contributed by atoms with Crippen LogP contribution in [0.3, 0.4) is 0 Å². The molecule has 78 valence electrons. The molecule has 0 aliphatic rings. The zero-order valence-corrected chi connectivity index (χ0v) is 7.35. The third-order valence-corrected chi connectivity index (χ3v) is 1.59. The predicted molar refractivity (Wildman–Crippen MR) is 45.2 cm³/mol. The summed E-state index contributed by atoms with van der Waals surface area (Å²) in [5.41, 5.74) is -0.524. The highest BCUT2D eigenvalue weighted by Crippen LogP contribution is 2.23. The number of nitro groups is 1. The molecule has 0 saturated carbocycles. The lowest BCUT2D eigenvalue weighted by molar-refractivity contribution is -0.389. The normalized spacial score (nSPS) is 10.0. The summed E-state index contributed by atoms with van der Waals surface area (Å²) in [6, 6.07) is 3.37. The van der Waals surface area contributed by atoms with Crippen LogP contribution < -0.4 is 0 Å². The molecule has 0 spiro atoms. The smallest absolute Gasteiger partial charge is 0.358 e. The molecule has 0 amide bonds. The van der Waals surface area contributed by atoms with Crippen molar-refractivity contribution in [3.8, 4) is 6.07 Å². The summed E-state index contributed by atoms with van der Waals surface area (Å²) in [7, 11) is 0. The van der Waals surface area contributed by atoms with Gasteiger partial charge >= 0.3 is 5.82 Å². The Hall–Kier alpha value is -2.10. The first kappa shape index (κ1) is 11.0. The van der Waals surface area contributed by atoms with Crippen LogP contribution in [0.5, 0.6) is 0 Å². The maximum Gasteiger partial charge on any atom is 0.364 e. The summed E-state index contributed by atoms with van der Waals surface area (Å²) in [5, 5.41) is 18.7. The van der Waals surface area contributed by atoms with Crippen LogP contribution in [0.15, 0.2) is 12.1 Å². The number of hydrogen-bond acceptors (Lipinski definition) is 4. The van der Waals surface area contributed by atoms with Crippen molar-refractivity contribution in [2.45, 2.75) is 12.8 Å². The van der Waals surface area contributed by atoms with E-state index in [0.717, 1.165) is 6.07 Å². The molecule has 0 bridgehead atoms. The molecule has 0 aliphatic carbocycles. The molecule has 0 atom stereocenters. The molecule has 5 nitrogen and oxygen atoms in total. The van der Waals surface area contributed by atoms with Gasteiger partial charge in [0.25, 0.3) is 6.43 Å². The first-order valence-corrected chi connectivity index (χ1v) is 3.85. The largest absolute Gasteiger partial charge is 0.364 e. The lowest BCUT2D eigenvalue weighted by Crippen LogP contribution is -1.99. The fraction of sp³-hybridized carbons (Fsp3) is 0.250. The van der Waals surface area contributed by atoms with Gasteiger partial charge in [0.1, 0.15) is 6.42 Å². The number of halogens is 2. The average Bonchev–Trinajstić information content (AvgIpc) is 2.17. The van der Waals surface area contributed by atoms with Gasteiger partial charge in [-0.25, -0.2) is 8.78 Å². The van der Waals surface area contributed by atoms with Gasteiger partial charge in [-0.3, -0.25) is 0 Å². The number of alkyl halides is 2. The summed E-state index contributed by atoms with van der Waals surface area (Å²) in [4.78, 5) is 12.9. The Kier molecular flexibility index (Phi) is 3.23. The van der Waals surface area contributed by atoms with Gasteiger partial charge in [0.05, 0.1) is 6.07 Å². The van der Waals surface area contributed by atoms with Gasteiger partial charge in [0.2, 0.25) is 0 Å². The highest BCUT2D eigenvalue weighted by Gasteiger charge is 2.17. The Labute approximate surface area is 83.1 Å². The van der Waals surface area contributed by atoms with Crippen LogP contribution in [0.2, 0.25) is 0 Å². The third kappa shape index (κ3) is 2.67. The Morgan fingerprint density at radius 2 is 2.27 bits per heavy atom. The van der Waals surface area contributed by atoms with Crippen molar-refractivity contribution in [1.29, 1.82) is 5.26 Å². The number of aromatic nitrogens is 1. The fourth-order valence-electron chi connectivity index (χ4n) is 0.986. The molecular formula is C8H5F2N3O2. The predicted octanol–water partition coefficient (Wildman–Crippen LogP) is 1.99. The molecule has 0 radical (unpaired) electrons. The van der Waals surface area contributed by atoms with Gasteiger partial charge in [0, 0.05) is 11.6 Å². The minimum Gasteiger partial charge on any atom is -0.358 e. The number of nitrogens with zero attached hydrogens (tertiary/aromatic N) is 3. The van der Waals surface area contributed by atoms with E-state index in [9.17, 15) is 18.9 Å². The molecule has 0 saturated heterocycles. The van der Waals surface area contributed by atoms with Crippen molar-refractivity contribution in [3.05, 3.63) is 33.5 Å². The van der Waals surface area contributed by atoms with Crippen molar-refractivity contribution in [2.75, 3.05) is 0 Å². The van der Waals surface area contributed by atoms with E-state index in [1.54, 1.807) is 6.07 Å². The molecule has 0 unspecified atom stereocenters. The summed E-state index contributed by atoms with van der Waals surface area (Å²) in [6.07, 6.45) is -3.05. The number of pyridine rings is 1. The fourth-order valence-corrected chi connectivity index (χ4v) is 0.986. The molecule has 0 fully saturated rings. The van der Waals surface area contributed by atoms with Crippen LogP contribution in [-0.4, -0.2) is 9.91 Å². The van der Waals surface area contributed by atoms with Gasteiger partial charge in [-0.05, 0) is 16.0 Å². The second-order valence-electron chi connectivity index (χ2n) is 2.64. The SMILES string of the molecule is N#CCc1cc(C(F)F)cc([N+](=O)[O-])n1. The van der Waals surface area contributed by atoms with Crippen molar-refractivity contribution in [1.82, 2.24) is 4.98 Å². The van der Waals surface area contributed by atoms with Crippen molar-refractivity contribution in [3.63, 3.8) is 0 Å². The second-order valence-corrected chi connectivity index (χ2v) is 2.64. The van der Waals surface area contributed by atoms with Crippen LogP contribution in [0.1, 0.15) is 17.7 Å². The molecule has 1 aromatic heterocycles. The zero-order valence-electron chi connectivity index (χ0n) is 7.35. The Morgan fingerprint density at radius 1 is 1.60 bits per heavy atom. The van der Waals surface area contributed by atoms with Crippen LogP contribution in [-0.2, 0) is 6.42 Å². The van der Waals surface area contributed by atoms with Crippen LogP contribution in [0.4, 0.5) is 14.6 Å². The Morgan fingerprint density at radius 3 is 2.73 bits per heavy atom. The molecule has 7 heteroatoms. The molecular weight excluding hydrogens is 208 g/mol. The monoisotopic (exact) mass is 213 g/mol. The highest BCUT2D eigenvalue weighted by atomic mass is 19.3. The summed E-state index contributed by atoms with van der Waals surface area (Å²) in [6.45, 7) is 0. The standard InChI is InChI=1S/C8H5F2N3O2/c9-8(10)5-3-6(1-2-11)12-7(4-5)13(14)15/h3-4,8H,1H2. The molecule has 0 aromatic carbocycles.